The maximum absolute atomic E-state index is 12.4. The van der Waals surface area contributed by atoms with Gasteiger partial charge in [0.15, 0.2) is 0 Å². The first-order chi connectivity index (χ1) is 12.0. The van der Waals surface area contributed by atoms with Gasteiger partial charge in [0.2, 0.25) is 5.13 Å². The molecular formula is C17H18N4O2S2. The number of anilines is 1. The fourth-order valence-corrected chi connectivity index (χ4v) is 3.72. The Balaban J connectivity index is 1.65. The van der Waals surface area contributed by atoms with Gasteiger partial charge < -0.3 is 4.74 Å². The summed E-state index contributed by atoms with van der Waals surface area (Å²) in [6.45, 7) is 6.17. The normalized spacial score (nSPS) is 10.7. The van der Waals surface area contributed by atoms with Crippen LogP contribution >= 0.6 is 22.7 Å². The maximum Gasteiger partial charge on any atom is 0.269 e. The topological polar surface area (TPSA) is 77.0 Å². The number of carbonyl (C=O) groups is 1. The molecule has 0 aliphatic rings. The number of carbonyl (C=O) groups excluding carboxylic acids is 1. The van der Waals surface area contributed by atoms with Crippen molar-refractivity contribution in [2.45, 2.75) is 33.8 Å². The molecule has 0 radical (unpaired) electrons. The van der Waals surface area contributed by atoms with Crippen LogP contribution in [-0.2, 0) is 13.0 Å². The molecule has 2 aromatic heterocycles. The number of hydrogen-bond donors (Lipinski definition) is 1. The van der Waals surface area contributed by atoms with Crippen LogP contribution in [0.3, 0.4) is 0 Å². The largest absolute Gasteiger partial charge is 0.486 e. The van der Waals surface area contributed by atoms with Crippen LogP contribution in [0.25, 0.3) is 0 Å². The Morgan fingerprint density at radius 3 is 2.76 bits per heavy atom. The highest BCUT2D eigenvalue weighted by Crippen LogP contribution is 2.23. The number of aromatic nitrogens is 3. The summed E-state index contributed by atoms with van der Waals surface area (Å²) in [7, 11) is 0. The molecule has 0 bridgehead atoms. The average Bonchev–Trinajstić information content (AvgIpc) is 3.19. The molecule has 3 rings (SSSR count). The van der Waals surface area contributed by atoms with Crippen molar-refractivity contribution < 1.29 is 9.53 Å². The first-order valence-electron chi connectivity index (χ1n) is 7.84. The van der Waals surface area contributed by atoms with Gasteiger partial charge in [0.1, 0.15) is 27.2 Å². The number of ether oxygens (including phenoxy) is 1. The molecule has 1 N–H and O–H groups in total. The van der Waals surface area contributed by atoms with Gasteiger partial charge >= 0.3 is 0 Å². The van der Waals surface area contributed by atoms with Crippen molar-refractivity contribution in [1.29, 1.82) is 0 Å². The molecule has 0 spiro atoms. The summed E-state index contributed by atoms with van der Waals surface area (Å²) in [6, 6.07) is 7.83. The van der Waals surface area contributed by atoms with Gasteiger partial charge in [-0.3, -0.25) is 10.1 Å². The van der Waals surface area contributed by atoms with Crippen molar-refractivity contribution in [2.75, 3.05) is 5.32 Å². The molecule has 6 nitrogen and oxygen atoms in total. The van der Waals surface area contributed by atoms with Crippen LogP contribution < -0.4 is 10.1 Å². The van der Waals surface area contributed by atoms with E-state index in [0.29, 0.717) is 22.3 Å². The minimum atomic E-state index is -0.212. The molecule has 1 aromatic carbocycles. The fraction of sp³-hybridized carbons (Fsp3) is 0.294. The summed E-state index contributed by atoms with van der Waals surface area (Å²) in [6.07, 6.45) is 0.799. The standard InChI is InChI=1S/C17H18N4O2S2/c1-4-13-20-21-17(25-13)19-16(22)15-11(3)18-14(24-15)9-23-12-7-5-6-10(2)8-12/h5-8H,4,9H2,1-3H3,(H,19,21,22). The van der Waals surface area contributed by atoms with Crippen LogP contribution in [0, 0.1) is 13.8 Å². The molecule has 0 saturated carbocycles. The van der Waals surface area contributed by atoms with E-state index in [1.165, 1.54) is 22.7 Å². The van der Waals surface area contributed by atoms with E-state index in [0.717, 1.165) is 27.7 Å². The molecule has 0 atom stereocenters. The van der Waals surface area contributed by atoms with Crippen molar-refractivity contribution >= 4 is 33.7 Å². The number of nitrogens with one attached hydrogen (secondary N) is 1. The zero-order valence-corrected chi connectivity index (χ0v) is 15.8. The van der Waals surface area contributed by atoms with Crippen LogP contribution in [0.4, 0.5) is 5.13 Å². The number of aryl methyl sites for hydroxylation is 3. The highest BCUT2D eigenvalue weighted by molar-refractivity contribution is 7.16. The van der Waals surface area contributed by atoms with Crippen LogP contribution in [-0.4, -0.2) is 21.1 Å². The predicted molar refractivity (Wildman–Crippen MR) is 99.6 cm³/mol. The van der Waals surface area contributed by atoms with Crippen molar-refractivity contribution in [2.24, 2.45) is 0 Å². The summed E-state index contributed by atoms with van der Waals surface area (Å²) in [5.74, 6) is 0.579. The number of amides is 1. The van der Waals surface area contributed by atoms with Gasteiger partial charge in [-0.25, -0.2) is 4.98 Å². The van der Waals surface area contributed by atoms with Crippen LogP contribution in [0.2, 0.25) is 0 Å². The van der Waals surface area contributed by atoms with Crippen LogP contribution in [0.1, 0.15) is 37.9 Å². The summed E-state index contributed by atoms with van der Waals surface area (Å²) in [5, 5.41) is 12.9. The van der Waals surface area contributed by atoms with E-state index in [1.54, 1.807) is 0 Å². The number of benzene rings is 1. The monoisotopic (exact) mass is 374 g/mol. The lowest BCUT2D eigenvalue weighted by atomic mass is 10.2. The Labute approximate surface area is 153 Å². The number of hydrogen-bond acceptors (Lipinski definition) is 7. The second kappa shape index (κ2) is 7.71. The Hall–Kier alpha value is -2.32. The van der Waals surface area contributed by atoms with Crippen LogP contribution in [0.5, 0.6) is 5.75 Å². The summed E-state index contributed by atoms with van der Waals surface area (Å²) < 4.78 is 5.75. The van der Waals surface area contributed by atoms with E-state index >= 15 is 0 Å². The first kappa shape index (κ1) is 17.5. The van der Waals surface area contributed by atoms with Crippen LogP contribution in [0.15, 0.2) is 24.3 Å². The lowest BCUT2D eigenvalue weighted by Gasteiger charge is -2.04. The average molecular weight is 374 g/mol. The summed E-state index contributed by atoms with van der Waals surface area (Å²) >= 11 is 2.71. The van der Waals surface area contributed by atoms with Gasteiger partial charge in [-0.15, -0.1) is 21.5 Å². The third-order valence-electron chi connectivity index (χ3n) is 3.39. The maximum atomic E-state index is 12.4. The van der Waals surface area contributed by atoms with Gasteiger partial charge in [-0.05, 0) is 38.0 Å². The van der Waals surface area contributed by atoms with E-state index in [1.807, 2.05) is 45.0 Å². The van der Waals surface area contributed by atoms with Crippen molar-refractivity contribution in [3.05, 3.63) is 50.4 Å². The molecule has 0 unspecified atom stereocenters. The first-order valence-corrected chi connectivity index (χ1v) is 9.48. The number of nitrogens with zero attached hydrogens (tertiary/aromatic N) is 3. The zero-order valence-electron chi connectivity index (χ0n) is 14.2. The second-order valence-corrected chi connectivity index (χ2v) is 7.58. The molecule has 1 amide bonds. The van der Waals surface area contributed by atoms with E-state index in [2.05, 4.69) is 20.5 Å². The predicted octanol–water partition coefficient (Wildman–Crippen LogP) is 4.01. The minimum Gasteiger partial charge on any atom is -0.486 e. The third-order valence-corrected chi connectivity index (χ3v) is 5.50. The van der Waals surface area contributed by atoms with E-state index < -0.39 is 0 Å². The molecular weight excluding hydrogens is 356 g/mol. The smallest absolute Gasteiger partial charge is 0.269 e. The lowest BCUT2D eigenvalue weighted by Crippen LogP contribution is -2.11. The molecule has 0 saturated heterocycles. The van der Waals surface area contributed by atoms with Gasteiger partial charge in [-0.2, -0.15) is 0 Å². The van der Waals surface area contributed by atoms with Gasteiger partial charge in [0.05, 0.1) is 5.69 Å². The number of thiazole rings is 1. The zero-order chi connectivity index (χ0) is 17.8. The molecule has 0 aliphatic heterocycles. The van der Waals surface area contributed by atoms with Gasteiger partial charge in [-0.1, -0.05) is 30.4 Å². The lowest BCUT2D eigenvalue weighted by molar-refractivity contribution is 0.102. The Kier molecular flexibility index (Phi) is 5.40. The molecule has 0 fully saturated rings. The quantitative estimate of drug-likeness (QED) is 0.705. The number of rotatable bonds is 6. The van der Waals surface area contributed by atoms with Gasteiger partial charge in [0.25, 0.3) is 5.91 Å². The molecule has 0 aliphatic carbocycles. The van der Waals surface area contributed by atoms with E-state index in [-0.39, 0.29) is 5.91 Å². The summed E-state index contributed by atoms with van der Waals surface area (Å²) in [5.41, 5.74) is 1.82. The fourth-order valence-electron chi connectivity index (χ4n) is 2.18. The second-order valence-electron chi connectivity index (χ2n) is 5.44. The Morgan fingerprint density at radius 1 is 1.20 bits per heavy atom. The highest BCUT2D eigenvalue weighted by atomic mass is 32.1. The van der Waals surface area contributed by atoms with Crippen molar-refractivity contribution in [1.82, 2.24) is 15.2 Å². The molecule has 2 heterocycles. The van der Waals surface area contributed by atoms with E-state index in [4.69, 9.17) is 4.74 Å². The van der Waals surface area contributed by atoms with Crippen molar-refractivity contribution in [3.8, 4) is 5.75 Å². The highest BCUT2D eigenvalue weighted by Gasteiger charge is 2.17. The van der Waals surface area contributed by atoms with Gasteiger partial charge in [0, 0.05) is 0 Å². The van der Waals surface area contributed by atoms with E-state index in [9.17, 15) is 4.79 Å². The SMILES string of the molecule is CCc1nnc(NC(=O)c2sc(COc3cccc(C)c3)nc2C)s1. The Morgan fingerprint density at radius 2 is 2.04 bits per heavy atom. The third kappa shape index (κ3) is 4.40. The molecule has 3 aromatic rings. The Bertz CT molecular complexity index is 888. The molecule has 8 heteroatoms. The molecule has 130 valence electrons. The summed E-state index contributed by atoms with van der Waals surface area (Å²) in [4.78, 5) is 17.4. The molecule has 25 heavy (non-hydrogen) atoms. The van der Waals surface area contributed by atoms with Crippen molar-refractivity contribution in [3.63, 3.8) is 0 Å². The minimum absolute atomic E-state index is 0.212.